The molecule has 0 aliphatic rings. The number of carbonyl (C=O) groups is 3. The van der Waals surface area contributed by atoms with Crippen molar-refractivity contribution in [2.45, 2.75) is 20.3 Å². The topological polar surface area (TPSA) is 88.1 Å². The maximum Gasteiger partial charge on any atom is 0.337 e. The molecule has 4 rings (SSSR count). The zero-order valence-electron chi connectivity index (χ0n) is 24.4. The van der Waals surface area contributed by atoms with E-state index in [0.717, 1.165) is 39.8 Å². The van der Waals surface area contributed by atoms with Gasteiger partial charge in [-0.15, -0.1) is 0 Å². The molecule has 0 saturated carbocycles. The summed E-state index contributed by atoms with van der Waals surface area (Å²) in [6.07, 6.45) is 0.955. The molecule has 0 saturated heterocycles. The molecule has 0 radical (unpaired) electrons. The van der Waals surface area contributed by atoms with Crippen LogP contribution in [0.4, 0.5) is 0 Å². The van der Waals surface area contributed by atoms with Crippen LogP contribution in [-0.4, -0.2) is 45.8 Å². The molecule has 0 heterocycles. The van der Waals surface area contributed by atoms with Gasteiger partial charge in [0.25, 0.3) is 0 Å². The summed E-state index contributed by atoms with van der Waals surface area (Å²) in [6.45, 7) is 4.76. The lowest BCUT2D eigenvalue weighted by atomic mass is 9.91. The second-order valence-corrected chi connectivity index (χ2v) is 9.93. The monoisotopic (exact) mass is 566 g/mol. The first-order chi connectivity index (χ1) is 20.3. The van der Waals surface area contributed by atoms with Gasteiger partial charge < -0.3 is 18.9 Å². The number of esters is 3. The Morgan fingerprint density at radius 1 is 0.571 bits per heavy atom. The molecule has 1 atom stereocenters. The second-order valence-electron chi connectivity index (χ2n) is 9.93. The molecular formula is C35H34O7. The fraction of sp³-hybridized carbons (Fsp3) is 0.229. The Bertz CT molecular complexity index is 1470. The van der Waals surface area contributed by atoms with Crippen LogP contribution in [0, 0.1) is 5.92 Å². The van der Waals surface area contributed by atoms with E-state index in [2.05, 4.69) is 13.8 Å². The Balaban J connectivity index is 1.94. The van der Waals surface area contributed by atoms with E-state index in [4.69, 9.17) is 18.9 Å². The van der Waals surface area contributed by atoms with Gasteiger partial charge in [0.1, 0.15) is 5.75 Å². The first kappa shape index (κ1) is 30.1. The number of hydrogen-bond acceptors (Lipinski definition) is 7. The van der Waals surface area contributed by atoms with Crippen LogP contribution in [0.15, 0.2) is 84.9 Å². The molecule has 7 nitrogen and oxygen atoms in total. The molecule has 0 aliphatic heterocycles. The van der Waals surface area contributed by atoms with Crippen LogP contribution in [0.25, 0.3) is 33.4 Å². The average Bonchev–Trinajstić information content (AvgIpc) is 3.05. The fourth-order valence-corrected chi connectivity index (χ4v) is 4.45. The van der Waals surface area contributed by atoms with E-state index in [-0.39, 0.29) is 0 Å². The van der Waals surface area contributed by atoms with Crippen molar-refractivity contribution in [1.82, 2.24) is 0 Å². The van der Waals surface area contributed by atoms with Gasteiger partial charge in [-0.25, -0.2) is 14.4 Å². The summed E-state index contributed by atoms with van der Waals surface area (Å²) in [4.78, 5) is 36.2. The second kappa shape index (κ2) is 13.6. The van der Waals surface area contributed by atoms with Crippen molar-refractivity contribution in [1.29, 1.82) is 0 Å². The maximum atomic E-state index is 12.1. The van der Waals surface area contributed by atoms with Gasteiger partial charge in [-0.05, 0) is 76.7 Å². The normalized spacial score (nSPS) is 11.4. The van der Waals surface area contributed by atoms with Crippen LogP contribution in [0.1, 0.15) is 51.3 Å². The Morgan fingerprint density at radius 2 is 0.929 bits per heavy atom. The van der Waals surface area contributed by atoms with E-state index in [1.54, 1.807) is 36.4 Å². The largest absolute Gasteiger partial charge is 0.492 e. The number of ether oxygens (including phenoxy) is 4. The SMILES string of the molecule is CCC(C)COc1c(-c2ccc(C(=O)OC)cc2)cc(-c2ccc(C(=O)OC)cc2)cc1-c1ccc(C(=O)OC)cc1. The van der Waals surface area contributed by atoms with Gasteiger partial charge >= 0.3 is 17.9 Å². The van der Waals surface area contributed by atoms with Crippen LogP contribution in [-0.2, 0) is 14.2 Å². The maximum absolute atomic E-state index is 12.1. The predicted molar refractivity (Wildman–Crippen MR) is 162 cm³/mol. The lowest BCUT2D eigenvalue weighted by Crippen LogP contribution is -2.09. The number of benzene rings is 4. The third-order valence-corrected chi connectivity index (χ3v) is 7.17. The standard InChI is InChI=1S/C35H34O7/c1-6-22(2)21-42-32-30(24-9-15-27(16-10-24)34(37)40-4)19-29(23-7-13-26(14-8-23)33(36)39-3)20-31(32)25-11-17-28(18-12-25)35(38)41-5/h7-20,22H,6,21H2,1-5H3. The highest BCUT2D eigenvalue weighted by molar-refractivity contribution is 5.94. The molecule has 0 amide bonds. The molecule has 7 heteroatoms. The summed E-state index contributed by atoms with van der Waals surface area (Å²) in [5.74, 6) is -0.240. The van der Waals surface area contributed by atoms with E-state index >= 15 is 0 Å². The number of hydrogen-bond donors (Lipinski definition) is 0. The van der Waals surface area contributed by atoms with Crippen molar-refractivity contribution < 1.29 is 33.3 Å². The molecule has 0 fully saturated rings. The molecule has 0 aliphatic carbocycles. The van der Waals surface area contributed by atoms with Gasteiger partial charge in [0.15, 0.2) is 0 Å². The molecule has 0 bridgehead atoms. The minimum absolute atomic E-state index is 0.319. The third kappa shape index (κ3) is 6.69. The summed E-state index contributed by atoms with van der Waals surface area (Å²) in [7, 11) is 4.05. The van der Waals surface area contributed by atoms with Crippen LogP contribution >= 0.6 is 0 Å². The average molecular weight is 567 g/mol. The summed E-state index contributed by atoms with van der Waals surface area (Å²) >= 11 is 0. The number of methoxy groups -OCH3 is 3. The number of carbonyl (C=O) groups excluding carboxylic acids is 3. The third-order valence-electron chi connectivity index (χ3n) is 7.17. The van der Waals surface area contributed by atoms with Crippen molar-refractivity contribution in [2.24, 2.45) is 5.92 Å². The molecule has 1 unspecified atom stereocenters. The van der Waals surface area contributed by atoms with Crippen molar-refractivity contribution >= 4 is 17.9 Å². The zero-order chi connectivity index (χ0) is 30.2. The summed E-state index contributed by atoms with van der Waals surface area (Å²) in [6, 6.07) is 25.6. The van der Waals surface area contributed by atoms with Crippen LogP contribution in [0.3, 0.4) is 0 Å². The molecule has 0 spiro atoms. The molecular weight excluding hydrogens is 532 g/mol. The van der Waals surface area contributed by atoms with Gasteiger partial charge in [0, 0.05) is 11.1 Å². The lowest BCUT2D eigenvalue weighted by molar-refractivity contribution is 0.0592. The zero-order valence-corrected chi connectivity index (χ0v) is 24.4. The predicted octanol–water partition coefficient (Wildman–Crippen LogP) is 7.47. The highest BCUT2D eigenvalue weighted by Crippen LogP contribution is 2.43. The Morgan fingerprint density at radius 3 is 1.26 bits per heavy atom. The van der Waals surface area contributed by atoms with Crippen molar-refractivity contribution in [3.8, 4) is 39.1 Å². The first-order valence-corrected chi connectivity index (χ1v) is 13.7. The van der Waals surface area contributed by atoms with E-state index in [0.29, 0.717) is 35.0 Å². The summed E-state index contributed by atoms with van der Waals surface area (Å²) in [5, 5.41) is 0. The Kier molecular flexibility index (Phi) is 9.76. The molecule has 4 aromatic rings. The van der Waals surface area contributed by atoms with Gasteiger partial charge in [-0.3, -0.25) is 0 Å². The number of rotatable bonds is 10. The van der Waals surface area contributed by atoms with E-state index in [9.17, 15) is 14.4 Å². The van der Waals surface area contributed by atoms with Crippen molar-refractivity contribution in [3.63, 3.8) is 0 Å². The summed E-state index contributed by atoms with van der Waals surface area (Å²) in [5.41, 5.74) is 6.47. The first-order valence-electron chi connectivity index (χ1n) is 13.7. The Labute approximate surface area is 246 Å². The van der Waals surface area contributed by atoms with Crippen LogP contribution in [0.5, 0.6) is 5.75 Å². The van der Waals surface area contributed by atoms with E-state index < -0.39 is 17.9 Å². The highest BCUT2D eigenvalue weighted by atomic mass is 16.5. The molecule has 0 N–H and O–H groups in total. The van der Waals surface area contributed by atoms with E-state index in [1.165, 1.54) is 21.3 Å². The van der Waals surface area contributed by atoms with Gasteiger partial charge in [-0.2, -0.15) is 0 Å². The van der Waals surface area contributed by atoms with Crippen molar-refractivity contribution in [2.75, 3.05) is 27.9 Å². The summed E-state index contributed by atoms with van der Waals surface area (Å²) < 4.78 is 21.1. The van der Waals surface area contributed by atoms with Crippen LogP contribution < -0.4 is 4.74 Å². The highest BCUT2D eigenvalue weighted by Gasteiger charge is 2.19. The van der Waals surface area contributed by atoms with E-state index in [1.807, 2.05) is 48.5 Å². The van der Waals surface area contributed by atoms with Crippen molar-refractivity contribution in [3.05, 3.63) is 102 Å². The molecule has 42 heavy (non-hydrogen) atoms. The molecule has 0 aromatic heterocycles. The van der Waals surface area contributed by atoms with Gasteiger partial charge in [-0.1, -0.05) is 56.7 Å². The fourth-order valence-electron chi connectivity index (χ4n) is 4.45. The van der Waals surface area contributed by atoms with Gasteiger partial charge in [0.2, 0.25) is 0 Å². The van der Waals surface area contributed by atoms with Gasteiger partial charge in [0.05, 0.1) is 44.6 Å². The Hall–Kier alpha value is -4.91. The smallest absolute Gasteiger partial charge is 0.337 e. The minimum Gasteiger partial charge on any atom is -0.492 e. The quantitative estimate of drug-likeness (QED) is 0.145. The molecule has 4 aromatic carbocycles. The lowest BCUT2D eigenvalue weighted by Gasteiger charge is -2.21. The minimum atomic E-state index is -0.416. The molecule has 216 valence electrons. The van der Waals surface area contributed by atoms with Crippen LogP contribution in [0.2, 0.25) is 0 Å².